The molecule has 1 aliphatic heterocycles. The average molecular weight is 369 g/mol. The molecule has 1 heterocycles. The molecule has 27 heavy (non-hydrogen) atoms. The molecule has 0 aromatic heterocycles. The summed E-state index contributed by atoms with van der Waals surface area (Å²) in [5.41, 5.74) is 4.90. The molecule has 1 aliphatic rings. The van der Waals surface area contributed by atoms with Crippen molar-refractivity contribution in [2.45, 2.75) is 6.54 Å². The second-order valence-corrected chi connectivity index (χ2v) is 6.22. The molecule has 0 bridgehead atoms. The molecular formula is C20H23N3O4. The molecular weight excluding hydrogens is 346 g/mol. The molecule has 7 nitrogen and oxygen atoms in total. The molecule has 0 unspecified atom stereocenters. The Morgan fingerprint density at radius 3 is 2.70 bits per heavy atom. The second kappa shape index (κ2) is 9.16. The lowest BCUT2D eigenvalue weighted by atomic mass is 10.1. The molecule has 2 aromatic carbocycles. The molecule has 1 fully saturated rings. The summed E-state index contributed by atoms with van der Waals surface area (Å²) in [6, 6.07) is 12.3. The van der Waals surface area contributed by atoms with Gasteiger partial charge >= 0.3 is 0 Å². The maximum atomic E-state index is 12.2. The highest BCUT2D eigenvalue weighted by Crippen LogP contribution is 2.25. The van der Waals surface area contributed by atoms with Gasteiger partial charge < -0.3 is 14.6 Å². The zero-order valence-corrected chi connectivity index (χ0v) is 15.2. The monoisotopic (exact) mass is 369 g/mol. The third-order valence-electron chi connectivity index (χ3n) is 4.31. The van der Waals surface area contributed by atoms with Crippen LogP contribution in [0.1, 0.15) is 21.5 Å². The third-order valence-corrected chi connectivity index (χ3v) is 4.31. The van der Waals surface area contributed by atoms with E-state index >= 15 is 0 Å². The Labute approximate surface area is 158 Å². The molecule has 0 aliphatic carbocycles. The van der Waals surface area contributed by atoms with Crippen LogP contribution in [0, 0.1) is 0 Å². The van der Waals surface area contributed by atoms with Crippen LogP contribution in [0.5, 0.6) is 11.5 Å². The van der Waals surface area contributed by atoms with Crippen LogP contribution < -0.4 is 10.2 Å². The average Bonchev–Trinajstić information content (AvgIpc) is 2.70. The van der Waals surface area contributed by atoms with Gasteiger partial charge in [-0.3, -0.25) is 9.69 Å². The maximum absolute atomic E-state index is 12.2. The summed E-state index contributed by atoms with van der Waals surface area (Å²) in [6.45, 7) is 4.25. The van der Waals surface area contributed by atoms with Gasteiger partial charge in [0.25, 0.3) is 5.91 Å². The second-order valence-electron chi connectivity index (χ2n) is 6.22. The van der Waals surface area contributed by atoms with E-state index in [0.29, 0.717) is 16.9 Å². The fourth-order valence-electron chi connectivity index (χ4n) is 2.78. The van der Waals surface area contributed by atoms with Crippen molar-refractivity contribution in [3.63, 3.8) is 0 Å². The van der Waals surface area contributed by atoms with Gasteiger partial charge in [-0.1, -0.05) is 12.1 Å². The summed E-state index contributed by atoms with van der Waals surface area (Å²) < 4.78 is 10.4. The van der Waals surface area contributed by atoms with Crippen molar-refractivity contribution in [2.24, 2.45) is 5.10 Å². The molecule has 3 rings (SSSR count). The number of hydrogen-bond acceptors (Lipinski definition) is 6. The minimum atomic E-state index is -0.282. The number of morpholine rings is 1. The zero-order valence-electron chi connectivity index (χ0n) is 15.2. The first-order valence-corrected chi connectivity index (χ1v) is 8.75. The molecule has 0 saturated carbocycles. The number of hydrazone groups is 1. The van der Waals surface area contributed by atoms with Crippen LogP contribution in [0.25, 0.3) is 0 Å². The van der Waals surface area contributed by atoms with Gasteiger partial charge in [0.1, 0.15) is 0 Å². The van der Waals surface area contributed by atoms with E-state index in [9.17, 15) is 9.90 Å². The SMILES string of the molecule is COc1cc(/C=N\NC(=O)c2ccc(CN3CCOCC3)cc2)ccc1O. The lowest BCUT2D eigenvalue weighted by Crippen LogP contribution is -2.35. The standard InChI is InChI=1S/C20H23N3O4/c1-26-19-12-16(4-7-18(19)24)13-21-22-20(25)17-5-2-15(3-6-17)14-23-8-10-27-11-9-23/h2-7,12-13,24H,8-11,14H2,1H3,(H,22,25)/b21-13-. The third kappa shape index (κ3) is 5.29. The van der Waals surface area contributed by atoms with Gasteiger partial charge in [-0.25, -0.2) is 5.43 Å². The summed E-state index contributed by atoms with van der Waals surface area (Å²) in [4.78, 5) is 14.5. The summed E-state index contributed by atoms with van der Waals surface area (Å²) >= 11 is 0. The summed E-state index contributed by atoms with van der Waals surface area (Å²) in [7, 11) is 1.47. The first-order chi connectivity index (χ1) is 13.2. The molecule has 2 N–H and O–H groups in total. The quantitative estimate of drug-likeness (QED) is 0.601. The lowest BCUT2D eigenvalue weighted by molar-refractivity contribution is 0.0342. The normalized spacial score (nSPS) is 15.0. The topological polar surface area (TPSA) is 83.4 Å². The van der Waals surface area contributed by atoms with E-state index in [2.05, 4.69) is 15.4 Å². The van der Waals surface area contributed by atoms with Gasteiger partial charge in [-0.15, -0.1) is 0 Å². The number of carbonyl (C=O) groups excluding carboxylic acids is 1. The van der Waals surface area contributed by atoms with Gasteiger partial charge in [-0.2, -0.15) is 5.10 Å². The van der Waals surface area contributed by atoms with Gasteiger partial charge in [0, 0.05) is 25.2 Å². The van der Waals surface area contributed by atoms with E-state index in [0.717, 1.165) is 38.4 Å². The summed E-state index contributed by atoms with van der Waals surface area (Å²) in [6.07, 6.45) is 1.49. The van der Waals surface area contributed by atoms with E-state index in [1.165, 1.54) is 19.4 Å². The van der Waals surface area contributed by atoms with Crippen LogP contribution in [0.15, 0.2) is 47.6 Å². The molecule has 1 amide bonds. The van der Waals surface area contributed by atoms with E-state index in [1.807, 2.05) is 12.1 Å². The zero-order chi connectivity index (χ0) is 19.1. The van der Waals surface area contributed by atoms with Crippen LogP contribution in [0.3, 0.4) is 0 Å². The number of nitrogens with one attached hydrogen (secondary N) is 1. The highest BCUT2D eigenvalue weighted by atomic mass is 16.5. The Bertz CT molecular complexity index is 799. The fraction of sp³-hybridized carbons (Fsp3) is 0.300. The fourth-order valence-corrected chi connectivity index (χ4v) is 2.78. The highest BCUT2D eigenvalue weighted by Gasteiger charge is 2.11. The number of carbonyl (C=O) groups is 1. The Morgan fingerprint density at radius 1 is 1.26 bits per heavy atom. The van der Waals surface area contributed by atoms with Gasteiger partial charge in [0.2, 0.25) is 0 Å². The van der Waals surface area contributed by atoms with Crippen LogP contribution in [-0.4, -0.2) is 55.5 Å². The van der Waals surface area contributed by atoms with Crippen LogP contribution in [0.4, 0.5) is 0 Å². The van der Waals surface area contributed by atoms with Crippen LogP contribution in [-0.2, 0) is 11.3 Å². The van der Waals surface area contributed by atoms with Gasteiger partial charge in [0.15, 0.2) is 11.5 Å². The Balaban J connectivity index is 1.54. The number of ether oxygens (including phenoxy) is 2. The molecule has 2 aromatic rings. The largest absolute Gasteiger partial charge is 0.504 e. The molecule has 1 saturated heterocycles. The Hall–Kier alpha value is -2.90. The minimum Gasteiger partial charge on any atom is -0.504 e. The van der Waals surface area contributed by atoms with Crippen molar-refractivity contribution >= 4 is 12.1 Å². The van der Waals surface area contributed by atoms with Crippen LogP contribution in [0.2, 0.25) is 0 Å². The number of benzene rings is 2. The first-order valence-electron chi connectivity index (χ1n) is 8.75. The number of amides is 1. The smallest absolute Gasteiger partial charge is 0.271 e. The minimum absolute atomic E-state index is 0.0517. The van der Waals surface area contributed by atoms with Crippen LogP contribution >= 0.6 is 0 Å². The van der Waals surface area contributed by atoms with Crippen molar-refractivity contribution in [1.29, 1.82) is 0 Å². The Kier molecular flexibility index (Phi) is 6.40. The molecule has 0 spiro atoms. The predicted octanol–water partition coefficient (Wildman–Crippen LogP) is 2.00. The highest BCUT2D eigenvalue weighted by molar-refractivity contribution is 5.94. The summed E-state index contributed by atoms with van der Waals surface area (Å²) in [5, 5.41) is 13.5. The summed E-state index contributed by atoms with van der Waals surface area (Å²) in [5.74, 6) is 0.118. The number of nitrogens with zero attached hydrogens (tertiary/aromatic N) is 2. The van der Waals surface area contributed by atoms with Crippen molar-refractivity contribution < 1.29 is 19.4 Å². The Morgan fingerprint density at radius 2 is 2.00 bits per heavy atom. The van der Waals surface area contributed by atoms with Crippen molar-refractivity contribution in [3.05, 3.63) is 59.2 Å². The number of phenols is 1. The van der Waals surface area contributed by atoms with Crippen molar-refractivity contribution in [2.75, 3.05) is 33.4 Å². The number of methoxy groups -OCH3 is 1. The number of phenolic OH excluding ortho intramolecular Hbond substituents is 1. The molecule has 142 valence electrons. The molecule has 0 radical (unpaired) electrons. The van der Waals surface area contributed by atoms with E-state index in [-0.39, 0.29) is 11.7 Å². The predicted molar refractivity (Wildman–Crippen MR) is 102 cm³/mol. The number of hydrogen-bond donors (Lipinski definition) is 2. The number of aromatic hydroxyl groups is 1. The van der Waals surface area contributed by atoms with E-state index < -0.39 is 0 Å². The lowest BCUT2D eigenvalue weighted by Gasteiger charge is -2.26. The van der Waals surface area contributed by atoms with Gasteiger partial charge in [-0.05, 0) is 41.5 Å². The van der Waals surface area contributed by atoms with E-state index in [4.69, 9.17) is 9.47 Å². The maximum Gasteiger partial charge on any atom is 0.271 e. The van der Waals surface area contributed by atoms with Crippen molar-refractivity contribution in [1.82, 2.24) is 10.3 Å². The molecule has 7 heteroatoms. The van der Waals surface area contributed by atoms with Crippen molar-refractivity contribution in [3.8, 4) is 11.5 Å². The van der Waals surface area contributed by atoms with E-state index in [1.54, 1.807) is 24.3 Å². The first kappa shape index (κ1) is 18.9. The number of rotatable bonds is 6. The molecule has 0 atom stereocenters. The van der Waals surface area contributed by atoms with Gasteiger partial charge in [0.05, 0.1) is 26.5 Å².